The molecule has 1 aliphatic heterocycles. The molecule has 32 heavy (non-hydrogen) atoms. The molecule has 1 fully saturated rings. The Morgan fingerprint density at radius 2 is 1.88 bits per heavy atom. The number of carbonyl (C=O) groups is 2. The molecular formula is C22H21ClN4O4S. The smallest absolute Gasteiger partial charge is 0.251 e. The molecule has 2 amide bonds. The molecule has 0 aliphatic carbocycles. The number of nitrogens with one attached hydrogen (secondary N) is 2. The van der Waals surface area contributed by atoms with E-state index in [1.54, 1.807) is 48.7 Å². The van der Waals surface area contributed by atoms with Crippen LogP contribution in [0.4, 0.5) is 0 Å². The molecular weight excluding hydrogens is 452 g/mol. The summed E-state index contributed by atoms with van der Waals surface area (Å²) in [6, 6.07) is 13.2. The Balaban J connectivity index is 1.39. The van der Waals surface area contributed by atoms with Crippen molar-refractivity contribution in [2.75, 3.05) is 19.6 Å². The first-order valence-corrected chi connectivity index (χ1v) is 11.8. The Bertz CT molecular complexity index is 1260. The number of carbonyl (C=O) groups excluding carboxylic acids is 2. The van der Waals surface area contributed by atoms with Gasteiger partial charge in [-0.2, -0.15) is 4.31 Å². The Kier molecular flexibility index (Phi) is 6.40. The third kappa shape index (κ3) is 4.59. The monoisotopic (exact) mass is 472 g/mol. The normalized spacial score (nSPS) is 16.7. The van der Waals surface area contributed by atoms with Crippen LogP contribution in [-0.4, -0.2) is 55.2 Å². The van der Waals surface area contributed by atoms with Crippen molar-refractivity contribution in [1.82, 2.24) is 19.9 Å². The van der Waals surface area contributed by atoms with Gasteiger partial charge in [0.25, 0.3) is 5.91 Å². The Labute approximate surface area is 190 Å². The minimum atomic E-state index is -3.82. The van der Waals surface area contributed by atoms with E-state index in [0.717, 1.165) is 0 Å². The number of benzene rings is 2. The fraction of sp³-hybridized carbons (Fsp3) is 0.227. The van der Waals surface area contributed by atoms with Crippen molar-refractivity contribution in [3.05, 3.63) is 71.5 Å². The Morgan fingerprint density at radius 1 is 1.09 bits per heavy atom. The third-order valence-corrected chi connectivity index (χ3v) is 7.47. The van der Waals surface area contributed by atoms with E-state index in [4.69, 9.17) is 11.6 Å². The van der Waals surface area contributed by atoms with Crippen molar-refractivity contribution in [2.45, 2.75) is 17.4 Å². The van der Waals surface area contributed by atoms with Gasteiger partial charge in [0.05, 0.1) is 16.5 Å². The molecule has 166 valence electrons. The first kappa shape index (κ1) is 22.2. The summed E-state index contributed by atoms with van der Waals surface area (Å²) in [4.78, 5) is 28.5. The molecule has 1 saturated heterocycles. The quantitative estimate of drug-likeness (QED) is 0.571. The summed E-state index contributed by atoms with van der Waals surface area (Å²) in [6.45, 7) is 0.214. The highest BCUT2D eigenvalue weighted by atomic mass is 35.5. The number of rotatable bonds is 6. The van der Waals surface area contributed by atoms with Gasteiger partial charge in [0.2, 0.25) is 15.9 Å². The molecule has 8 nitrogen and oxygen atoms in total. The molecule has 1 aliphatic rings. The number of sulfonamides is 1. The lowest BCUT2D eigenvalue weighted by atomic mass is 10.2. The van der Waals surface area contributed by atoms with Crippen LogP contribution in [0.2, 0.25) is 5.02 Å². The Morgan fingerprint density at radius 3 is 2.66 bits per heavy atom. The van der Waals surface area contributed by atoms with E-state index in [1.165, 1.54) is 16.6 Å². The van der Waals surface area contributed by atoms with E-state index >= 15 is 0 Å². The fourth-order valence-electron chi connectivity index (χ4n) is 3.71. The maximum absolute atomic E-state index is 13.3. The van der Waals surface area contributed by atoms with Gasteiger partial charge >= 0.3 is 0 Å². The van der Waals surface area contributed by atoms with Crippen LogP contribution in [-0.2, 0) is 14.8 Å². The van der Waals surface area contributed by atoms with Crippen LogP contribution >= 0.6 is 11.6 Å². The summed E-state index contributed by atoms with van der Waals surface area (Å²) in [5.74, 6) is -0.725. The molecule has 2 N–H and O–H groups in total. The summed E-state index contributed by atoms with van der Waals surface area (Å²) < 4.78 is 27.9. The maximum Gasteiger partial charge on any atom is 0.251 e. The molecule has 2 heterocycles. The number of nitrogens with zero attached hydrogens (tertiary/aromatic N) is 2. The molecule has 0 saturated carbocycles. The highest BCUT2D eigenvalue weighted by molar-refractivity contribution is 7.89. The molecule has 4 rings (SSSR count). The topological polar surface area (TPSA) is 108 Å². The average Bonchev–Trinajstić information content (AvgIpc) is 3.27. The molecule has 1 aromatic heterocycles. The van der Waals surface area contributed by atoms with Gasteiger partial charge in [-0.1, -0.05) is 41.9 Å². The zero-order valence-electron chi connectivity index (χ0n) is 17.0. The van der Waals surface area contributed by atoms with Gasteiger partial charge in [0.15, 0.2) is 0 Å². The van der Waals surface area contributed by atoms with E-state index in [9.17, 15) is 18.0 Å². The van der Waals surface area contributed by atoms with Gasteiger partial charge in [-0.15, -0.1) is 0 Å². The second kappa shape index (κ2) is 9.23. The molecule has 0 spiro atoms. The fourth-order valence-corrected chi connectivity index (χ4v) is 5.77. The lowest BCUT2D eigenvalue weighted by Gasteiger charge is -2.19. The molecule has 1 unspecified atom stereocenters. The number of pyridine rings is 1. The molecule has 0 radical (unpaired) electrons. The first-order valence-electron chi connectivity index (χ1n) is 10.0. The highest BCUT2D eigenvalue weighted by Gasteiger charge is 2.34. The minimum absolute atomic E-state index is 0.115. The lowest BCUT2D eigenvalue weighted by molar-refractivity contribution is -0.120. The van der Waals surface area contributed by atoms with Crippen LogP contribution in [0.5, 0.6) is 0 Å². The van der Waals surface area contributed by atoms with E-state index in [2.05, 4.69) is 15.6 Å². The van der Waals surface area contributed by atoms with Gasteiger partial charge < -0.3 is 10.6 Å². The van der Waals surface area contributed by atoms with Gasteiger partial charge in [-0.05, 0) is 24.6 Å². The summed E-state index contributed by atoms with van der Waals surface area (Å²) in [5.41, 5.74) is 0.461. The van der Waals surface area contributed by atoms with Crippen LogP contribution in [0.25, 0.3) is 10.8 Å². The number of hydrogen-bond acceptors (Lipinski definition) is 5. The van der Waals surface area contributed by atoms with Crippen LogP contribution in [0.15, 0.2) is 65.8 Å². The lowest BCUT2D eigenvalue weighted by Crippen LogP contribution is -2.43. The summed E-state index contributed by atoms with van der Waals surface area (Å²) in [5, 5.41) is 6.69. The van der Waals surface area contributed by atoms with Crippen LogP contribution in [0, 0.1) is 0 Å². The highest BCUT2D eigenvalue weighted by Crippen LogP contribution is 2.32. The minimum Gasteiger partial charge on any atom is -0.350 e. The number of aromatic nitrogens is 1. The zero-order valence-corrected chi connectivity index (χ0v) is 18.6. The number of hydrogen-bond donors (Lipinski definition) is 2. The molecule has 1 atom stereocenters. The van der Waals surface area contributed by atoms with Crippen molar-refractivity contribution < 1.29 is 18.0 Å². The molecule has 0 bridgehead atoms. The van der Waals surface area contributed by atoms with Gasteiger partial charge in [-0.25, -0.2) is 8.42 Å². The maximum atomic E-state index is 13.3. The Hall–Kier alpha value is -3.01. The van der Waals surface area contributed by atoms with Crippen molar-refractivity contribution in [2.24, 2.45) is 0 Å². The molecule has 10 heteroatoms. The largest absolute Gasteiger partial charge is 0.350 e. The van der Waals surface area contributed by atoms with Crippen molar-refractivity contribution in [3.8, 4) is 0 Å². The van der Waals surface area contributed by atoms with E-state index in [1.807, 2.05) is 0 Å². The predicted molar refractivity (Wildman–Crippen MR) is 121 cm³/mol. The van der Waals surface area contributed by atoms with Crippen LogP contribution in [0.1, 0.15) is 16.8 Å². The second-order valence-corrected chi connectivity index (χ2v) is 9.75. The van der Waals surface area contributed by atoms with Gasteiger partial charge in [0, 0.05) is 47.9 Å². The van der Waals surface area contributed by atoms with Gasteiger partial charge in [-0.3, -0.25) is 14.6 Å². The van der Waals surface area contributed by atoms with Crippen LogP contribution in [0.3, 0.4) is 0 Å². The first-order chi connectivity index (χ1) is 15.4. The molecule has 2 aromatic carbocycles. The third-order valence-electron chi connectivity index (χ3n) is 5.28. The van der Waals surface area contributed by atoms with Crippen molar-refractivity contribution in [1.29, 1.82) is 0 Å². The second-order valence-electron chi connectivity index (χ2n) is 7.44. The number of halogens is 1. The standard InChI is InChI=1S/C22H21ClN4O4S/c23-18-12-24-11-16-7-4-8-19(21(16)18)32(30,31)27-10-9-17(14-27)26-20(28)13-25-22(29)15-5-2-1-3-6-15/h1-8,11-12,17H,9-10,13-14H2,(H,25,29)(H,26,28). The summed E-state index contributed by atoms with van der Waals surface area (Å²) in [7, 11) is -3.82. The predicted octanol–water partition coefficient (Wildman–Crippen LogP) is 2.20. The van der Waals surface area contributed by atoms with Crippen molar-refractivity contribution in [3.63, 3.8) is 0 Å². The average molecular weight is 473 g/mol. The number of amides is 2. The number of fused-ring (bicyclic) bond motifs is 1. The van der Waals surface area contributed by atoms with E-state index in [0.29, 0.717) is 22.8 Å². The molecule has 3 aromatic rings. The van der Waals surface area contributed by atoms with Crippen molar-refractivity contribution >= 4 is 44.2 Å². The van der Waals surface area contributed by atoms with Gasteiger partial charge in [0.1, 0.15) is 0 Å². The van der Waals surface area contributed by atoms with Crippen LogP contribution < -0.4 is 10.6 Å². The summed E-state index contributed by atoms with van der Waals surface area (Å²) >= 11 is 6.24. The SMILES string of the molecule is O=C(CNC(=O)c1ccccc1)NC1CCN(S(=O)(=O)c2cccc3cncc(Cl)c23)C1. The van der Waals surface area contributed by atoms with E-state index < -0.39 is 10.0 Å². The summed E-state index contributed by atoms with van der Waals surface area (Å²) in [6.07, 6.45) is 3.45. The van der Waals surface area contributed by atoms with E-state index in [-0.39, 0.29) is 47.4 Å². The zero-order chi connectivity index (χ0) is 22.7.